The van der Waals surface area contributed by atoms with Crippen molar-refractivity contribution >= 4 is 11.8 Å². The van der Waals surface area contributed by atoms with E-state index in [1.807, 2.05) is 41.0 Å². The molecule has 7 nitrogen and oxygen atoms in total. The zero-order valence-electron chi connectivity index (χ0n) is 15.6. The molecular weight excluding hydrogens is 342 g/mol. The van der Waals surface area contributed by atoms with E-state index in [1.165, 1.54) is 0 Å². The van der Waals surface area contributed by atoms with Gasteiger partial charge in [0.25, 0.3) is 11.8 Å². The number of rotatable bonds is 2. The van der Waals surface area contributed by atoms with Crippen molar-refractivity contribution in [3.63, 3.8) is 0 Å². The molecule has 2 amide bonds. The molecule has 3 heterocycles. The summed E-state index contributed by atoms with van der Waals surface area (Å²) in [6, 6.07) is 7.66. The number of fused-ring (bicyclic) bond motifs is 1. The van der Waals surface area contributed by atoms with Gasteiger partial charge in [-0.3, -0.25) is 14.7 Å². The van der Waals surface area contributed by atoms with Crippen LogP contribution in [0.25, 0.3) is 0 Å². The van der Waals surface area contributed by atoms with Crippen LogP contribution in [-0.2, 0) is 13.0 Å². The minimum Gasteiger partial charge on any atom is -0.337 e. The number of benzene rings is 1. The molecule has 2 N–H and O–H groups in total. The first-order valence-electron chi connectivity index (χ1n) is 9.55. The van der Waals surface area contributed by atoms with Gasteiger partial charge in [-0.05, 0) is 25.5 Å². The molecule has 0 aliphatic carbocycles. The number of carbonyl (C=O) groups excluding carboxylic acids is 2. The molecule has 1 fully saturated rings. The number of aromatic nitrogens is 2. The average molecular weight is 367 g/mol. The van der Waals surface area contributed by atoms with Crippen molar-refractivity contribution in [2.75, 3.05) is 32.7 Å². The molecule has 0 saturated carbocycles. The molecule has 0 unspecified atom stereocenters. The van der Waals surface area contributed by atoms with Crippen molar-refractivity contribution in [1.29, 1.82) is 0 Å². The Hall–Kier alpha value is -2.67. The lowest BCUT2D eigenvalue weighted by molar-refractivity contribution is 0.0715. The summed E-state index contributed by atoms with van der Waals surface area (Å²) in [5.74, 6) is -0.00426. The Morgan fingerprint density at radius 2 is 1.85 bits per heavy atom. The van der Waals surface area contributed by atoms with E-state index in [0.29, 0.717) is 44.0 Å². The van der Waals surface area contributed by atoms with Gasteiger partial charge in [0.15, 0.2) is 5.69 Å². The van der Waals surface area contributed by atoms with E-state index < -0.39 is 0 Å². The highest BCUT2D eigenvalue weighted by molar-refractivity contribution is 5.95. The van der Waals surface area contributed by atoms with Crippen LogP contribution < -0.4 is 5.32 Å². The van der Waals surface area contributed by atoms with Crippen LogP contribution in [0.15, 0.2) is 24.3 Å². The second kappa shape index (κ2) is 7.52. The minimum absolute atomic E-state index is 0.0364. The van der Waals surface area contributed by atoms with Gasteiger partial charge < -0.3 is 15.1 Å². The number of nitrogens with zero attached hydrogens (tertiary/aromatic N) is 3. The Morgan fingerprint density at radius 1 is 1.07 bits per heavy atom. The number of carbonyl (C=O) groups is 2. The first-order valence-corrected chi connectivity index (χ1v) is 9.55. The molecule has 0 atom stereocenters. The van der Waals surface area contributed by atoms with Crippen LogP contribution in [-0.4, -0.2) is 64.5 Å². The number of amides is 2. The minimum atomic E-state index is -0.0407. The van der Waals surface area contributed by atoms with Crippen molar-refractivity contribution in [3.05, 3.63) is 52.3 Å². The maximum absolute atomic E-state index is 13.0. The van der Waals surface area contributed by atoms with Gasteiger partial charge in [-0.2, -0.15) is 5.10 Å². The van der Waals surface area contributed by atoms with Crippen LogP contribution >= 0.6 is 0 Å². The molecule has 4 rings (SSSR count). The molecule has 1 aromatic carbocycles. The fourth-order valence-electron chi connectivity index (χ4n) is 3.84. The van der Waals surface area contributed by atoms with Crippen LogP contribution in [0.1, 0.15) is 44.1 Å². The van der Waals surface area contributed by atoms with Gasteiger partial charge in [0.05, 0.1) is 0 Å². The second-order valence-corrected chi connectivity index (χ2v) is 7.26. The van der Waals surface area contributed by atoms with Gasteiger partial charge in [0.1, 0.15) is 0 Å². The quantitative estimate of drug-likeness (QED) is 0.840. The second-order valence-electron chi connectivity index (χ2n) is 7.26. The van der Waals surface area contributed by atoms with E-state index in [-0.39, 0.29) is 11.8 Å². The molecule has 0 radical (unpaired) electrons. The lowest BCUT2D eigenvalue weighted by atomic mass is 10.1. The fraction of sp³-hybridized carbons (Fsp3) is 0.450. The number of hydrogen-bond donors (Lipinski definition) is 2. The van der Waals surface area contributed by atoms with E-state index in [9.17, 15) is 9.59 Å². The Bertz CT molecular complexity index is 860. The molecule has 27 heavy (non-hydrogen) atoms. The van der Waals surface area contributed by atoms with Gasteiger partial charge >= 0.3 is 0 Å². The summed E-state index contributed by atoms with van der Waals surface area (Å²) in [5.41, 5.74) is 4.36. The molecule has 0 spiro atoms. The monoisotopic (exact) mass is 367 g/mol. The molecule has 0 bridgehead atoms. The van der Waals surface area contributed by atoms with Gasteiger partial charge in [-0.25, -0.2) is 0 Å². The van der Waals surface area contributed by atoms with E-state index in [4.69, 9.17) is 0 Å². The van der Waals surface area contributed by atoms with Crippen molar-refractivity contribution in [2.24, 2.45) is 0 Å². The Labute approximate surface area is 158 Å². The predicted octanol–water partition coefficient (Wildman–Crippen LogP) is 1.35. The number of H-pyrrole nitrogens is 1. The van der Waals surface area contributed by atoms with Crippen molar-refractivity contribution in [2.45, 2.75) is 26.3 Å². The SMILES string of the molecule is Cc1cccc(C(=O)N2CCCN(C(=O)c3n[nH]c4c3CNCC4)CC2)c1. The summed E-state index contributed by atoms with van der Waals surface area (Å²) < 4.78 is 0. The van der Waals surface area contributed by atoms with Crippen LogP contribution in [0.4, 0.5) is 0 Å². The highest BCUT2D eigenvalue weighted by atomic mass is 16.2. The zero-order chi connectivity index (χ0) is 18.8. The summed E-state index contributed by atoms with van der Waals surface area (Å²) in [7, 11) is 0. The van der Waals surface area contributed by atoms with E-state index in [1.54, 1.807) is 0 Å². The molecule has 142 valence electrons. The van der Waals surface area contributed by atoms with Crippen molar-refractivity contribution < 1.29 is 9.59 Å². The number of hydrogen-bond acceptors (Lipinski definition) is 4. The first kappa shape index (κ1) is 17.7. The molecule has 1 aromatic heterocycles. The Kier molecular flexibility index (Phi) is 4.94. The largest absolute Gasteiger partial charge is 0.337 e. The third-order valence-electron chi connectivity index (χ3n) is 5.34. The maximum atomic E-state index is 13.0. The summed E-state index contributed by atoms with van der Waals surface area (Å²) in [5, 5.41) is 10.6. The standard InChI is InChI=1S/C20H25N5O2/c1-14-4-2-5-15(12-14)19(26)24-8-3-9-25(11-10-24)20(27)18-16-13-21-7-6-17(16)22-23-18/h2,4-5,12,21H,3,6-11,13H2,1H3,(H,22,23). The normalized spacial score (nSPS) is 17.4. The van der Waals surface area contributed by atoms with E-state index in [0.717, 1.165) is 36.2 Å². The van der Waals surface area contributed by atoms with Crippen molar-refractivity contribution in [1.82, 2.24) is 25.3 Å². The van der Waals surface area contributed by atoms with Gasteiger partial charge in [-0.1, -0.05) is 17.7 Å². The Balaban J connectivity index is 1.45. The fourth-order valence-corrected chi connectivity index (χ4v) is 3.84. The molecule has 2 aromatic rings. The number of aryl methyl sites for hydroxylation is 1. The van der Waals surface area contributed by atoms with Gasteiger partial charge in [0.2, 0.25) is 0 Å². The predicted molar refractivity (Wildman–Crippen MR) is 102 cm³/mol. The van der Waals surface area contributed by atoms with Gasteiger partial charge in [-0.15, -0.1) is 0 Å². The summed E-state index contributed by atoms with van der Waals surface area (Å²) in [6.07, 6.45) is 1.64. The van der Waals surface area contributed by atoms with E-state index >= 15 is 0 Å². The summed E-state index contributed by atoms with van der Waals surface area (Å²) in [4.78, 5) is 29.5. The van der Waals surface area contributed by atoms with Gasteiger partial charge in [0, 0.05) is 62.5 Å². The van der Waals surface area contributed by atoms with Crippen molar-refractivity contribution in [3.8, 4) is 0 Å². The third kappa shape index (κ3) is 3.60. The smallest absolute Gasteiger partial charge is 0.274 e. The first-order chi connectivity index (χ1) is 13.1. The maximum Gasteiger partial charge on any atom is 0.274 e. The molecule has 7 heteroatoms. The molecular formula is C20H25N5O2. The number of aromatic amines is 1. The molecule has 2 aliphatic heterocycles. The third-order valence-corrected chi connectivity index (χ3v) is 5.34. The van der Waals surface area contributed by atoms with E-state index in [2.05, 4.69) is 15.5 Å². The molecule has 2 aliphatic rings. The topological polar surface area (TPSA) is 81.3 Å². The van der Waals surface area contributed by atoms with Crippen LogP contribution in [0.5, 0.6) is 0 Å². The molecule has 1 saturated heterocycles. The average Bonchev–Trinajstić information content (AvgIpc) is 2.96. The van der Waals surface area contributed by atoms with Crippen LogP contribution in [0.3, 0.4) is 0 Å². The zero-order valence-corrected chi connectivity index (χ0v) is 15.6. The summed E-state index contributed by atoms with van der Waals surface area (Å²) in [6.45, 7) is 5.96. The Morgan fingerprint density at radius 3 is 2.63 bits per heavy atom. The lowest BCUT2D eigenvalue weighted by Crippen LogP contribution is -2.38. The lowest BCUT2D eigenvalue weighted by Gasteiger charge is -2.22. The van der Waals surface area contributed by atoms with Crippen LogP contribution in [0.2, 0.25) is 0 Å². The highest BCUT2D eigenvalue weighted by Gasteiger charge is 2.28. The highest BCUT2D eigenvalue weighted by Crippen LogP contribution is 2.18. The summed E-state index contributed by atoms with van der Waals surface area (Å²) >= 11 is 0. The van der Waals surface area contributed by atoms with Crippen LogP contribution in [0, 0.1) is 6.92 Å². The number of nitrogens with one attached hydrogen (secondary N) is 2.